The lowest BCUT2D eigenvalue weighted by Crippen LogP contribution is -2.36. The number of primary amides is 1. The SMILES string of the molecule is NC(=O)c1nn(-c2ccccc2)c2nc(C(=O)O)cc(-c3ccc(N4CCOCC4)cc3)c12. The number of aromatic carboxylic acids is 1. The number of hydrogen-bond acceptors (Lipinski definition) is 6. The van der Waals surface area contributed by atoms with Crippen LogP contribution in [0.3, 0.4) is 0 Å². The van der Waals surface area contributed by atoms with E-state index in [4.69, 9.17) is 10.5 Å². The summed E-state index contributed by atoms with van der Waals surface area (Å²) in [4.78, 5) is 30.7. The highest BCUT2D eigenvalue weighted by molar-refractivity contribution is 6.10. The lowest BCUT2D eigenvalue weighted by atomic mass is 10.00. The Morgan fingerprint density at radius 2 is 1.67 bits per heavy atom. The van der Waals surface area contributed by atoms with Gasteiger partial charge in [0.25, 0.3) is 5.91 Å². The van der Waals surface area contributed by atoms with Gasteiger partial charge in [0.1, 0.15) is 0 Å². The molecule has 166 valence electrons. The van der Waals surface area contributed by atoms with E-state index >= 15 is 0 Å². The minimum Gasteiger partial charge on any atom is -0.477 e. The minimum atomic E-state index is -1.18. The molecule has 2 aromatic carbocycles. The fraction of sp³-hybridized carbons (Fsp3) is 0.167. The van der Waals surface area contributed by atoms with Crippen LogP contribution in [0.15, 0.2) is 60.7 Å². The number of nitrogens with two attached hydrogens (primary N) is 1. The third-order valence-electron chi connectivity index (χ3n) is 5.65. The molecule has 1 aliphatic rings. The molecule has 0 saturated carbocycles. The fourth-order valence-electron chi connectivity index (χ4n) is 4.05. The molecular formula is C24H21N5O4. The Kier molecular flexibility index (Phi) is 5.23. The average Bonchev–Trinajstić information content (AvgIpc) is 3.25. The quantitative estimate of drug-likeness (QED) is 0.486. The topological polar surface area (TPSA) is 124 Å². The lowest BCUT2D eigenvalue weighted by molar-refractivity contribution is 0.0690. The number of nitrogens with zero attached hydrogens (tertiary/aromatic N) is 4. The maximum Gasteiger partial charge on any atom is 0.354 e. The smallest absolute Gasteiger partial charge is 0.354 e. The Balaban J connectivity index is 1.72. The summed E-state index contributed by atoms with van der Waals surface area (Å²) in [7, 11) is 0. The highest BCUT2D eigenvalue weighted by atomic mass is 16.5. The van der Waals surface area contributed by atoms with Gasteiger partial charge in [0, 0.05) is 18.8 Å². The van der Waals surface area contributed by atoms with Crippen LogP contribution in [0.4, 0.5) is 5.69 Å². The number of carbonyl (C=O) groups excluding carboxylic acids is 1. The van der Waals surface area contributed by atoms with E-state index in [0.717, 1.165) is 24.3 Å². The molecule has 9 nitrogen and oxygen atoms in total. The minimum absolute atomic E-state index is 0.0329. The summed E-state index contributed by atoms with van der Waals surface area (Å²) in [6.45, 7) is 2.96. The Hall–Kier alpha value is -4.24. The molecule has 0 aliphatic carbocycles. The molecular weight excluding hydrogens is 422 g/mol. The zero-order valence-corrected chi connectivity index (χ0v) is 17.6. The summed E-state index contributed by atoms with van der Waals surface area (Å²) in [6, 6.07) is 18.3. The van der Waals surface area contributed by atoms with Crippen LogP contribution >= 0.6 is 0 Å². The molecule has 0 unspecified atom stereocenters. The lowest BCUT2D eigenvalue weighted by Gasteiger charge is -2.29. The van der Waals surface area contributed by atoms with E-state index in [2.05, 4.69) is 15.0 Å². The summed E-state index contributed by atoms with van der Waals surface area (Å²) in [5.41, 5.74) is 8.74. The first-order chi connectivity index (χ1) is 16.0. The van der Waals surface area contributed by atoms with Crippen molar-refractivity contribution in [2.45, 2.75) is 0 Å². The zero-order chi connectivity index (χ0) is 22.9. The van der Waals surface area contributed by atoms with Gasteiger partial charge in [-0.25, -0.2) is 14.5 Å². The van der Waals surface area contributed by atoms with E-state index in [0.29, 0.717) is 29.9 Å². The maximum atomic E-state index is 12.3. The zero-order valence-electron chi connectivity index (χ0n) is 17.6. The predicted molar refractivity (Wildman–Crippen MR) is 123 cm³/mol. The van der Waals surface area contributed by atoms with Crippen molar-refractivity contribution in [1.82, 2.24) is 14.8 Å². The summed E-state index contributed by atoms with van der Waals surface area (Å²) in [6.07, 6.45) is 0. The van der Waals surface area contributed by atoms with Crippen LogP contribution in [-0.2, 0) is 4.74 Å². The molecule has 0 atom stereocenters. The van der Waals surface area contributed by atoms with Crippen molar-refractivity contribution in [2.24, 2.45) is 5.73 Å². The van der Waals surface area contributed by atoms with Gasteiger partial charge in [-0.1, -0.05) is 30.3 Å². The van der Waals surface area contributed by atoms with Gasteiger partial charge >= 0.3 is 5.97 Å². The summed E-state index contributed by atoms with van der Waals surface area (Å²) < 4.78 is 6.87. The van der Waals surface area contributed by atoms with Crippen molar-refractivity contribution >= 4 is 28.6 Å². The standard InChI is InChI=1S/C24H21N5O4/c25-22(30)21-20-18(15-6-8-16(9-7-15)28-10-12-33-13-11-28)14-19(24(31)32)26-23(20)29(27-21)17-4-2-1-3-5-17/h1-9,14H,10-13H2,(H2,25,30)(H,31,32). The maximum absolute atomic E-state index is 12.3. The van der Waals surface area contributed by atoms with E-state index in [-0.39, 0.29) is 17.0 Å². The molecule has 4 aromatic rings. The van der Waals surface area contributed by atoms with Gasteiger partial charge in [0.15, 0.2) is 17.0 Å². The number of carboxylic acids is 1. The first-order valence-corrected chi connectivity index (χ1v) is 10.5. The second-order valence-electron chi connectivity index (χ2n) is 7.67. The molecule has 1 fully saturated rings. The molecule has 2 aromatic heterocycles. The number of ether oxygens (including phenoxy) is 1. The number of aromatic nitrogens is 3. The molecule has 3 heterocycles. The Morgan fingerprint density at radius 1 is 0.970 bits per heavy atom. The van der Waals surface area contributed by atoms with Gasteiger partial charge in [-0.2, -0.15) is 5.10 Å². The number of hydrogen-bond donors (Lipinski definition) is 2. The molecule has 0 spiro atoms. The van der Waals surface area contributed by atoms with E-state index in [1.165, 1.54) is 10.7 Å². The van der Waals surface area contributed by atoms with Gasteiger partial charge in [-0.3, -0.25) is 4.79 Å². The van der Waals surface area contributed by atoms with Crippen LogP contribution in [0, 0.1) is 0 Å². The molecule has 1 saturated heterocycles. The third-order valence-corrected chi connectivity index (χ3v) is 5.65. The second-order valence-corrected chi connectivity index (χ2v) is 7.67. The fourth-order valence-corrected chi connectivity index (χ4v) is 4.05. The van der Waals surface area contributed by atoms with Crippen LogP contribution in [0.2, 0.25) is 0 Å². The van der Waals surface area contributed by atoms with Crippen molar-refractivity contribution in [2.75, 3.05) is 31.2 Å². The van der Waals surface area contributed by atoms with Crippen molar-refractivity contribution in [3.63, 3.8) is 0 Å². The van der Waals surface area contributed by atoms with Gasteiger partial charge in [-0.05, 0) is 41.5 Å². The first kappa shape index (κ1) is 20.7. The molecule has 3 N–H and O–H groups in total. The number of fused-ring (bicyclic) bond motifs is 1. The number of benzene rings is 2. The number of carbonyl (C=O) groups is 2. The highest BCUT2D eigenvalue weighted by Crippen LogP contribution is 2.33. The van der Waals surface area contributed by atoms with E-state index in [1.807, 2.05) is 42.5 Å². The predicted octanol–water partition coefficient (Wildman–Crippen LogP) is 2.72. The largest absolute Gasteiger partial charge is 0.477 e. The summed E-state index contributed by atoms with van der Waals surface area (Å²) in [5.74, 6) is -1.89. The number of pyridine rings is 1. The van der Waals surface area contributed by atoms with E-state index < -0.39 is 11.9 Å². The molecule has 0 bridgehead atoms. The Labute approximate surface area is 189 Å². The number of morpholine rings is 1. The third kappa shape index (κ3) is 3.79. The number of rotatable bonds is 5. The van der Waals surface area contributed by atoms with Crippen LogP contribution in [-0.4, -0.2) is 58.1 Å². The van der Waals surface area contributed by atoms with Crippen LogP contribution in [0.25, 0.3) is 27.8 Å². The number of para-hydroxylation sites is 1. The van der Waals surface area contributed by atoms with Crippen molar-refractivity contribution in [3.8, 4) is 16.8 Å². The molecule has 0 radical (unpaired) electrons. The number of carboxylic acid groups (broad SMARTS) is 1. The Morgan fingerprint density at radius 3 is 2.30 bits per heavy atom. The van der Waals surface area contributed by atoms with Gasteiger partial charge in [0.05, 0.1) is 24.3 Å². The van der Waals surface area contributed by atoms with E-state index in [1.54, 1.807) is 12.1 Å². The van der Waals surface area contributed by atoms with Crippen molar-refractivity contribution in [3.05, 3.63) is 72.1 Å². The van der Waals surface area contributed by atoms with Gasteiger partial charge in [0.2, 0.25) is 0 Å². The Bertz CT molecular complexity index is 1340. The van der Waals surface area contributed by atoms with Crippen LogP contribution in [0.5, 0.6) is 0 Å². The second kappa shape index (κ2) is 8.36. The summed E-state index contributed by atoms with van der Waals surface area (Å²) >= 11 is 0. The molecule has 1 aliphatic heterocycles. The van der Waals surface area contributed by atoms with Crippen molar-refractivity contribution in [1.29, 1.82) is 0 Å². The normalized spacial score (nSPS) is 13.9. The van der Waals surface area contributed by atoms with E-state index in [9.17, 15) is 14.7 Å². The number of anilines is 1. The monoisotopic (exact) mass is 443 g/mol. The van der Waals surface area contributed by atoms with Crippen molar-refractivity contribution < 1.29 is 19.4 Å². The first-order valence-electron chi connectivity index (χ1n) is 10.5. The van der Waals surface area contributed by atoms with Crippen LogP contribution < -0.4 is 10.6 Å². The highest BCUT2D eigenvalue weighted by Gasteiger charge is 2.24. The molecule has 33 heavy (non-hydrogen) atoms. The van der Waals surface area contributed by atoms with Gasteiger partial charge in [-0.15, -0.1) is 0 Å². The average molecular weight is 443 g/mol. The molecule has 1 amide bonds. The van der Waals surface area contributed by atoms with Crippen LogP contribution in [0.1, 0.15) is 21.0 Å². The van der Waals surface area contributed by atoms with Gasteiger partial charge < -0.3 is 20.5 Å². The molecule has 5 rings (SSSR count). The molecule has 9 heteroatoms. The number of amides is 1. The summed E-state index contributed by atoms with van der Waals surface area (Å²) in [5, 5.41) is 14.5.